The van der Waals surface area contributed by atoms with Gasteiger partial charge in [-0.2, -0.15) is 4.89 Å². The third-order valence-corrected chi connectivity index (χ3v) is 5.93. The number of benzene rings is 1. The Hall–Kier alpha value is -1.88. The van der Waals surface area contributed by atoms with Crippen molar-refractivity contribution < 1.29 is 33.6 Å². The van der Waals surface area contributed by atoms with Crippen LogP contribution in [0.15, 0.2) is 30.3 Å². The van der Waals surface area contributed by atoms with Crippen LogP contribution < -0.4 is 5.32 Å². The SMILES string of the molecule is CCC(C)[C@]1(NC(=O)OCc2ccccc2)C(=O)OOC1(C)CC(C)C(=O)OCI. The minimum absolute atomic E-state index is 0.0499. The molecule has 1 saturated heterocycles. The number of hydrogen-bond donors (Lipinski definition) is 1. The molecular weight excluding hydrogens is 505 g/mol. The highest BCUT2D eigenvalue weighted by Crippen LogP contribution is 2.45. The molecule has 0 bridgehead atoms. The summed E-state index contributed by atoms with van der Waals surface area (Å²) in [5, 5.41) is 2.72. The molecule has 2 rings (SSSR count). The first-order valence-electron chi connectivity index (χ1n) is 9.81. The number of rotatable bonds is 9. The number of ether oxygens (including phenoxy) is 2. The molecular formula is C21H28INO7. The van der Waals surface area contributed by atoms with Gasteiger partial charge in [-0.25, -0.2) is 9.59 Å². The lowest BCUT2D eigenvalue weighted by atomic mass is 9.68. The van der Waals surface area contributed by atoms with E-state index >= 15 is 0 Å². The number of nitrogens with one attached hydrogen (secondary N) is 1. The smallest absolute Gasteiger partial charge is 0.408 e. The van der Waals surface area contributed by atoms with Gasteiger partial charge in [0.1, 0.15) is 16.8 Å². The number of alkyl carbamates (subject to hydrolysis) is 1. The van der Waals surface area contributed by atoms with Crippen molar-refractivity contribution in [3.63, 3.8) is 0 Å². The molecule has 0 radical (unpaired) electrons. The minimum atomic E-state index is -1.52. The minimum Gasteiger partial charge on any atom is -0.455 e. The molecule has 1 N–H and O–H groups in total. The van der Waals surface area contributed by atoms with Crippen LogP contribution in [0.5, 0.6) is 0 Å². The summed E-state index contributed by atoms with van der Waals surface area (Å²) in [7, 11) is 0. The van der Waals surface area contributed by atoms with E-state index in [1.54, 1.807) is 13.8 Å². The first-order chi connectivity index (χ1) is 14.2. The molecule has 0 spiro atoms. The zero-order valence-electron chi connectivity index (χ0n) is 17.6. The molecule has 1 aliphatic heterocycles. The molecule has 1 aliphatic rings. The predicted molar refractivity (Wildman–Crippen MR) is 116 cm³/mol. The zero-order valence-corrected chi connectivity index (χ0v) is 19.8. The van der Waals surface area contributed by atoms with Crippen LogP contribution in [0.2, 0.25) is 0 Å². The van der Waals surface area contributed by atoms with Crippen molar-refractivity contribution >= 4 is 40.6 Å². The Morgan fingerprint density at radius 2 is 1.87 bits per heavy atom. The number of carbonyl (C=O) groups excluding carboxylic acids is 3. The van der Waals surface area contributed by atoms with Crippen molar-refractivity contribution in [1.82, 2.24) is 5.32 Å². The lowest BCUT2D eigenvalue weighted by Crippen LogP contribution is -2.68. The second kappa shape index (κ2) is 10.4. The maximum absolute atomic E-state index is 12.9. The van der Waals surface area contributed by atoms with Crippen LogP contribution in [0.25, 0.3) is 0 Å². The molecule has 166 valence electrons. The Bertz CT molecular complexity index is 759. The number of esters is 1. The van der Waals surface area contributed by atoms with Gasteiger partial charge in [-0.1, -0.05) is 57.5 Å². The highest BCUT2D eigenvalue weighted by molar-refractivity contribution is 14.1. The normalized spacial score (nSPS) is 25.2. The van der Waals surface area contributed by atoms with E-state index in [2.05, 4.69) is 5.32 Å². The molecule has 0 saturated carbocycles. The van der Waals surface area contributed by atoms with Gasteiger partial charge in [-0.05, 0) is 47.4 Å². The van der Waals surface area contributed by atoms with E-state index in [1.165, 1.54) is 0 Å². The Morgan fingerprint density at radius 3 is 2.47 bits per heavy atom. The summed E-state index contributed by atoms with van der Waals surface area (Å²) >= 11 is 1.93. The third kappa shape index (κ3) is 5.05. The van der Waals surface area contributed by atoms with Crippen molar-refractivity contribution in [1.29, 1.82) is 0 Å². The van der Waals surface area contributed by atoms with E-state index in [0.29, 0.717) is 6.42 Å². The molecule has 1 aromatic carbocycles. The zero-order chi connectivity index (χ0) is 22.4. The monoisotopic (exact) mass is 533 g/mol. The Kier molecular flexibility index (Phi) is 8.48. The average molecular weight is 533 g/mol. The van der Waals surface area contributed by atoms with Crippen LogP contribution >= 0.6 is 22.6 Å². The van der Waals surface area contributed by atoms with E-state index in [-0.39, 0.29) is 23.6 Å². The van der Waals surface area contributed by atoms with Gasteiger partial charge in [0.25, 0.3) is 0 Å². The second-order valence-corrected chi connectivity index (χ2v) is 8.29. The van der Waals surface area contributed by atoms with Crippen LogP contribution in [-0.2, 0) is 35.4 Å². The first kappa shape index (κ1) is 24.4. The lowest BCUT2D eigenvalue weighted by molar-refractivity contribution is -0.296. The third-order valence-electron chi connectivity index (χ3n) is 5.62. The summed E-state index contributed by atoms with van der Waals surface area (Å²) in [6.07, 6.45) is -0.104. The summed E-state index contributed by atoms with van der Waals surface area (Å²) < 4.78 is 10.6. The van der Waals surface area contributed by atoms with Crippen molar-refractivity contribution in [3.05, 3.63) is 35.9 Å². The highest BCUT2D eigenvalue weighted by atomic mass is 127. The molecule has 1 aromatic rings. The van der Waals surface area contributed by atoms with Crippen molar-refractivity contribution in [2.24, 2.45) is 11.8 Å². The van der Waals surface area contributed by atoms with Crippen LogP contribution in [0, 0.1) is 11.8 Å². The van der Waals surface area contributed by atoms with Crippen molar-refractivity contribution in [2.75, 3.05) is 4.61 Å². The maximum Gasteiger partial charge on any atom is 0.408 e. The number of halogens is 1. The number of hydrogen-bond acceptors (Lipinski definition) is 7. The molecule has 3 unspecified atom stereocenters. The van der Waals surface area contributed by atoms with Crippen LogP contribution in [0.4, 0.5) is 4.79 Å². The fourth-order valence-electron chi connectivity index (χ4n) is 3.79. The second-order valence-electron chi connectivity index (χ2n) is 7.67. The summed E-state index contributed by atoms with van der Waals surface area (Å²) in [4.78, 5) is 48.1. The predicted octanol–water partition coefficient (Wildman–Crippen LogP) is 3.91. The standard InChI is InChI=1S/C21H28INO7/c1-5-15(3)21(23-19(26)27-12-16-9-7-6-8-10-16)18(25)29-30-20(21,4)11-14(2)17(24)28-13-22/h6-10,14-15H,5,11-13H2,1-4H3,(H,23,26)/t14?,15?,20?,21-/m0/s1. The number of amides is 1. The topological polar surface area (TPSA) is 100 Å². The van der Waals surface area contributed by atoms with E-state index in [1.807, 2.05) is 66.8 Å². The molecule has 9 heteroatoms. The lowest BCUT2D eigenvalue weighted by Gasteiger charge is -2.41. The van der Waals surface area contributed by atoms with Gasteiger partial charge in [0, 0.05) is 0 Å². The van der Waals surface area contributed by atoms with Gasteiger partial charge in [0.05, 0.1) is 5.92 Å². The number of carbonyl (C=O) groups is 3. The number of alkyl halides is 1. The quantitative estimate of drug-likeness (QED) is 0.223. The Labute approximate surface area is 190 Å². The van der Waals surface area contributed by atoms with E-state index in [0.717, 1.165) is 5.56 Å². The van der Waals surface area contributed by atoms with Crippen molar-refractivity contribution in [3.8, 4) is 0 Å². The fraction of sp³-hybridized carbons (Fsp3) is 0.571. The molecule has 1 fully saturated rings. The van der Waals surface area contributed by atoms with Gasteiger partial charge in [-0.15, -0.1) is 0 Å². The summed E-state index contributed by atoms with van der Waals surface area (Å²) in [6, 6.07) is 9.20. The van der Waals surface area contributed by atoms with E-state index in [4.69, 9.17) is 19.2 Å². The van der Waals surface area contributed by atoms with Crippen LogP contribution in [0.3, 0.4) is 0 Å². The van der Waals surface area contributed by atoms with Crippen LogP contribution in [0.1, 0.15) is 46.1 Å². The van der Waals surface area contributed by atoms with E-state index in [9.17, 15) is 14.4 Å². The molecule has 8 nitrogen and oxygen atoms in total. The molecule has 0 aromatic heterocycles. The van der Waals surface area contributed by atoms with Gasteiger partial charge < -0.3 is 14.8 Å². The molecule has 30 heavy (non-hydrogen) atoms. The summed E-state index contributed by atoms with van der Waals surface area (Å²) in [5.74, 6) is -2.07. The van der Waals surface area contributed by atoms with Gasteiger partial charge >= 0.3 is 18.0 Å². The van der Waals surface area contributed by atoms with Crippen LogP contribution in [-0.4, -0.2) is 33.8 Å². The molecule has 1 amide bonds. The van der Waals surface area contributed by atoms with Gasteiger partial charge in [-0.3, -0.25) is 9.68 Å². The molecule has 0 aliphatic carbocycles. The van der Waals surface area contributed by atoms with E-state index < -0.39 is 35.1 Å². The Morgan fingerprint density at radius 1 is 1.20 bits per heavy atom. The van der Waals surface area contributed by atoms with Gasteiger partial charge in [0.15, 0.2) is 5.54 Å². The average Bonchev–Trinajstić information content (AvgIpc) is 2.98. The first-order valence-corrected chi connectivity index (χ1v) is 11.3. The highest BCUT2D eigenvalue weighted by Gasteiger charge is 2.67. The summed E-state index contributed by atoms with van der Waals surface area (Å²) in [5.41, 5.74) is -2.00. The molecule has 4 atom stereocenters. The van der Waals surface area contributed by atoms with Gasteiger partial charge in [0.2, 0.25) is 0 Å². The molecule has 1 heterocycles. The Balaban J connectivity index is 2.25. The largest absolute Gasteiger partial charge is 0.455 e. The maximum atomic E-state index is 12.9. The van der Waals surface area contributed by atoms with Crippen molar-refractivity contribution in [2.45, 2.75) is 58.3 Å². The fourth-order valence-corrected chi connectivity index (χ4v) is 4.10. The summed E-state index contributed by atoms with van der Waals surface area (Å²) in [6.45, 7) is 7.09.